The van der Waals surface area contributed by atoms with E-state index in [9.17, 15) is 9.59 Å². The Labute approximate surface area is 134 Å². The Morgan fingerprint density at radius 2 is 1.90 bits per heavy atom. The Morgan fingerprint density at radius 3 is 2.48 bits per heavy atom. The summed E-state index contributed by atoms with van der Waals surface area (Å²) >= 11 is 11.8. The molecule has 0 bridgehead atoms. The second kappa shape index (κ2) is 7.25. The van der Waals surface area contributed by atoms with Crippen LogP contribution in [0.25, 0.3) is 0 Å². The molecular formula is C15H17Cl2NO3. The smallest absolute Gasteiger partial charge is 0.331 e. The lowest BCUT2D eigenvalue weighted by Gasteiger charge is -2.24. The first-order valence-electron chi connectivity index (χ1n) is 6.94. The zero-order chi connectivity index (χ0) is 15.4. The maximum Gasteiger partial charge on any atom is 0.331 e. The predicted molar refractivity (Wildman–Crippen MR) is 82.0 cm³/mol. The first kappa shape index (κ1) is 16.3. The average molecular weight is 330 g/mol. The van der Waals surface area contributed by atoms with Gasteiger partial charge in [-0.15, -0.1) is 0 Å². The number of carbonyl (C=O) groups excluding carboxylic acids is 2. The van der Waals surface area contributed by atoms with E-state index in [4.69, 9.17) is 27.9 Å². The van der Waals surface area contributed by atoms with Crippen molar-refractivity contribution in [2.24, 2.45) is 0 Å². The average Bonchev–Trinajstić information content (AvgIpc) is 2.96. The van der Waals surface area contributed by atoms with Crippen molar-refractivity contribution < 1.29 is 14.3 Å². The topological polar surface area (TPSA) is 46.6 Å². The van der Waals surface area contributed by atoms with E-state index in [1.807, 2.05) is 4.90 Å². The molecule has 1 saturated heterocycles. The molecule has 4 nitrogen and oxygen atoms in total. The Morgan fingerprint density at radius 1 is 1.24 bits per heavy atom. The molecule has 21 heavy (non-hydrogen) atoms. The van der Waals surface area contributed by atoms with Gasteiger partial charge in [-0.1, -0.05) is 23.2 Å². The van der Waals surface area contributed by atoms with Gasteiger partial charge in [-0.3, -0.25) is 9.69 Å². The van der Waals surface area contributed by atoms with Crippen molar-refractivity contribution in [1.29, 1.82) is 0 Å². The SMILES string of the molecule is CCOC(=O)C(C(=O)c1ccc(Cl)c(Cl)c1)N1CCCC1. The highest BCUT2D eigenvalue weighted by Crippen LogP contribution is 2.25. The quantitative estimate of drug-likeness (QED) is 0.472. The van der Waals surface area contributed by atoms with Gasteiger partial charge in [0.2, 0.25) is 0 Å². The summed E-state index contributed by atoms with van der Waals surface area (Å²) in [5, 5.41) is 0.675. The number of halogens is 2. The third kappa shape index (κ3) is 3.76. The van der Waals surface area contributed by atoms with Gasteiger partial charge in [-0.25, -0.2) is 4.79 Å². The highest BCUT2D eigenvalue weighted by molar-refractivity contribution is 6.42. The molecule has 1 heterocycles. The molecule has 1 unspecified atom stereocenters. The van der Waals surface area contributed by atoms with Crippen LogP contribution in [0.5, 0.6) is 0 Å². The van der Waals surface area contributed by atoms with Gasteiger partial charge in [0, 0.05) is 5.56 Å². The van der Waals surface area contributed by atoms with E-state index in [1.165, 1.54) is 6.07 Å². The molecule has 0 radical (unpaired) electrons. The van der Waals surface area contributed by atoms with Crippen molar-refractivity contribution in [3.63, 3.8) is 0 Å². The molecule has 0 aromatic heterocycles. The first-order valence-corrected chi connectivity index (χ1v) is 7.70. The van der Waals surface area contributed by atoms with Crippen molar-refractivity contribution >= 4 is 35.0 Å². The zero-order valence-electron chi connectivity index (χ0n) is 11.8. The summed E-state index contributed by atoms with van der Waals surface area (Å²) in [6, 6.07) is 3.74. The zero-order valence-corrected chi connectivity index (χ0v) is 13.3. The van der Waals surface area contributed by atoms with E-state index < -0.39 is 12.0 Å². The van der Waals surface area contributed by atoms with Crippen LogP contribution in [0.3, 0.4) is 0 Å². The minimum absolute atomic E-state index is 0.248. The van der Waals surface area contributed by atoms with Crippen LogP contribution in [-0.4, -0.2) is 42.4 Å². The van der Waals surface area contributed by atoms with Crippen LogP contribution < -0.4 is 0 Å². The van der Waals surface area contributed by atoms with Crippen molar-refractivity contribution in [1.82, 2.24) is 4.90 Å². The lowest BCUT2D eigenvalue weighted by Crippen LogP contribution is -2.46. The van der Waals surface area contributed by atoms with E-state index in [2.05, 4.69) is 0 Å². The molecule has 1 atom stereocenters. The minimum atomic E-state index is -0.898. The Bertz CT molecular complexity index is 542. The van der Waals surface area contributed by atoms with E-state index in [0.717, 1.165) is 25.9 Å². The number of ketones is 1. The molecule has 6 heteroatoms. The van der Waals surface area contributed by atoms with E-state index in [-0.39, 0.29) is 12.4 Å². The number of esters is 1. The van der Waals surface area contributed by atoms with Gasteiger partial charge in [0.1, 0.15) is 0 Å². The largest absolute Gasteiger partial charge is 0.464 e. The van der Waals surface area contributed by atoms with E-state index >= 15 is 0 Å². The van der Waals surface area contributed by atoms with E-state index in [1.54, 1.807) is 19.1 Å². The molecule has 0 amide bonds. The molecule has 1 fully saturated rings. The summed E-state index contributed by atoms with van der Waals surface area (Å²) in [4.78, 5) is 26.7. The van der Waals surface area contributed by atoms with Crippen LogP contribution in [0, 0.1) is 0 Å². The van der Waals surface area contributed by atoms with Crippen LogP contribution in [-0.2, 0) is 9.53 Å². The van der Waals surface area contributed by atoms with Crippen LogP contribution in [0.4, 0.5) is 0 Å². The van der Waals surface area contributed by atoms with Crippen molar-refractivity contribution in [2.45, 2.75) is 25.8 Å². The summed E-state index contributed by atoms with van der Waals surface area (Å²) in [6.45, 7) is 3.41. The molecule has 0 aliphatic carbocycles. The van der Waals surface area contributed by atoms with E-state index in [0.29, 0.717) is 15.6 Å². The lowest BCUT2D eigenvalue weighted by molar-refractivity contribution is -0.147. The second-order valence-electron chi connectivity index (χ2n) is 4.89. The summed E-state index contributed by atoms with van der Waals surface area (Å²) in [7, 11) is 0. The standard InChI is InChI=1S/C15H17Cl2NO3/c1-2-21-15(20)13(18-7-3-4-8-18)14(19)10-5-6-11(16)12(17)9-10/h5-6,9,13H,2-4,7-8H2,1H3. The molecule has 0 N–H and O–H groups in total. The molecule has 0 spiro atoms. The summed E-state index contributed by atoms with van der Waals surface area (Å²) in [5.74, 6) is -0.801. The fourth-order valence-corrected chi connectivity index (χ4v) is 2.75. The molecule has 1 aromatic rings. The van der Waals surface area contributed by atoms with Crippen LogP contribution in [0.2, 0.25) is 10.0 Å². The predicted octanol–water partition coefficient (Wildman–Crippen LogP) is 3.20. The fourth-order valence-electron chi connectivity index (χ4n) is 2.45. The van der Waals surface area contributed by atoms with Crippen molar-refractivity contribution in [3.05, 3.63) is 33.8 Å². The number of carbonyl (C=O) groups is 2. The number of benzene rings is 1. The molecule has 1 aliphatic rings. The number of ether oxygens (including phenoxy) is 1. The van der Waals surface area contributed by atoms with Crippen LogP contribution in [0.15, 0.2) is 18.2 Å². The minimum Gasteiger partial charge on any atom is -0.464 e. The Hall–Kier alpha value is -1.10. The number of nitrogens with zero attached hydrogens (tertiary/aromatic N) is 1. The highest BCUT2D eigenvalue weighted by atomic mass is 35.5. The Balaban J connectivity index is 2.28. The molecule has 1 aromatic carbocycles. The summed E-state index contributed by atoms with van der Waals surface area (Å²) < 4.78 is 5.05. The third-order valence-corrected chi connectivity index (χ3v) is 4.21. The lowest BCUT2D eigenvalue weighted by atomic mass is 10.0. The monoisotopic (exact) mass is 329 g/mol. The summed E-state index contributed by atoms with van der Waals surface area (Å²) in [5.41, 5.74) is 0.370. The van der Waals surface area contributed by atoms with Gasteiger partial charge < -0.3 is 4.74 Å². The van der Waals surface area contributed by atoms with Crippen molar-refractivity contribution in [3.8, 4) is 0 Å². The van der Waals surface area contributed by atoms with Gasteiger partial charge in [0.25, 0.3) is 0 Å². The van der Waals surface area contributed by atoms with Gasteiger partial charge in [-0.2, -0.15) is 0 Å². The first-order chi connectivity index (χ1) is 10.0. The van der Waals surface area contributed by atoms with Crippen LogP contribution >= 0.6 is 23.2 Å². The highest BCUT2D eigenvalue weighted by Gasteiger charge is 2.36. The normalized spacial score (nSPS) is 16.7. The van der Waals surface area contributed by atoms with Gasteiger partial charge in [-0.05, 0) is 51.1 Å². The van der Waals surface area contributed by atoms with Gasteiger partial charge in [0.05, 0.1) is 16.7 Å². The molecule has 1 aliphatic heterocycles. The molecule has 2 rings (SSSR count). The second-order valence-corrected chi connectivity index (χ2v) is 5.71. The summed E-state index contributed by atoms with van der Waals surface area (Å²) in [6.07, 6.45) is 1.95. The fraction of sp³-hybridized carbons (Fsp3) is 0.467. The maximum absolute atomic E-state index is 12.7. The molecular weight excluding hydrogens is 313 g/mol. The number of Topliss-reactive ketones (excluding diaryl/α,β-unsaturated/α-hetero) is 1. The number of hydrogen-bond donors (Lipinski definition) is 0. The van der Waals surface area contributed by atoms with Crippen molar-refractivity contribution in [2.75, 3.05) is 19.7 Å². The number of rotatable bonds is 5. The number of hydrogen-bond acceptors (Lipinski definition) is 4. The van der Waals surface area contributed by atoms with Gasteiger partial charge >= 0.3 is 5.97 Å². The molecule has 0 saturated carbocycles. The Kier molecular flexibility index (Phi) is 5.62. The van der Waals surface area contributed by atoms with Crippen LogP contribution in [0.1, 0.15) is 30.1 Å². The number of likely N-dealkylation sites (tertiary alicyclic amines) is 1. The maximum atomic E-state index is 12.7. The molecule has 114 valence electrons. The van der Waals surface area contributed by atoms with Gasteiger partial charge in [0.15, 0.2) is 11.8 Å². The third-order valence-electron chi connectivity index (χ3n) is 3.47.